The van der Waals surface area contributed by atoms with Crippen LogP contribution in [0.1, 0.15) is 46.8 Å². The van der Waals surface area contributed by atoms with Gasteiger partial charge in [0.15, 0.2) is 5.69 Å². The summed E-state index contributed by atoms with van der Waals surface area (Å²) in [5, 5.41) is 6.73. The summed E-state index contributed by atoms with van der Waals surface area (Å²) in [6.07, 6.45) is 0. The van der Waals surface area contributed by atoms with Gasteiger partial charge in [-0.1, -0.05) is 31.1 Å². The highest BCUT2D eigenvalue weighted by Crippen LogP contribution is 2.22. The lowest BCUT2D eigenvalue weighted by atomic mass is 10.1. The lowest BCUT2D eigenvalue weighted by Crippen LogP contribution is -2.28. The molecule has 1 amide bonds. The van der Waals surface area contributed by atoms with E-state index < -0.39 is 0 Å². The first-order chi connectivity index (χ1) is 10.9. The molecule has 1 N–H and O–H groups in total. The third-order valence-corrected chi connectivity index (χ3v) is 3.59. The van der Waals surface area contributed by atoms with Crippen molar-refractivity contribution in [1.29, 1.82) is 0 Å². The minimum Gasteiger partial charge on any atom is -0.488 e. The Kier molecular flexibility index (Phi) is 5.42. The number of carbonyl (C=O) groups is 1. The number of carbonyl (C=O) groups excluding carboxylic acids is 1. The number of benzene rings is 1. The number of nitrogens with zero attached hydrogens (tertiary/aromatic N) is 1. The molecule has 2 rings (SSSR count). The van der Waals surface area contributed by atoms with E-state index in [1.54, 1.807) is 6.92 Å². The first-order valence-electron chi connectivity index (χ1n) is 7.82. The fourth-order valence-electron chi connectivity index (χ4n) is 2.13. The van der Waals surface area contributed by atoms with Gasteiger partial charge in [0, 0.05) is 6.54 Å². The van der Waals surface area contributed by atoms with E-state index in [9.17, 15) is 4.79 Å². The lowest BCUT2D eigenvalue weighted by molar-refractivity contribution is 0.0937. The molecule has 0 unspecified atom stereocenters. The van der Waals surface area contributed by atoms with Gasteiger partial charge in [0.05, 0.1) is 5.56 Å². The molecular weight excluding hydrogens is 292 g/mol. The van der Waals surface area contributed by atoms with Crippen LogP contribution in [0.3, 0.4) is 0 Å². The van der Waals surface area contributed by atoms with Crippen LogP contribution < -0.4 is 10.1 Å². The van der Waals surface area contributed by atoms with Crippen LogP contribution in [0.15, 0.2) is 22.7 Å². The number of aryl methyl sites for hydroxylation is 3. The molecule has 124 valence electrons. The van der Waals surface area contributed by atoms with E-state index in [2.05, 4.69) is 10.5 Å². The van der Waals surface area contributed by atoms with Gasteiger partial charge >= 0.3 is 0 Å². The average Bonchev–Trinajstić information content (AvgIpc) is 2.87. The average molecular weight is 316 g/mol. The zero-order chi connectivity index (χ0) is 17.0. The molecule has 0 bridgehead atoms. The maximum absolute atomic E-state index is 12.2. The summed E-state index contributed by atoms with van der Waals surface area (Å²) in [4.78, 5) is 12.2. The number of aromatic nitrogens is 1. The third kappa shape index (κ3) is 4.34. The van der Waals surface area contributed by atoms with E-state index in [-0.39, 0.29) is 12.5 Å². The Labute approximate surface area is 137 Å². The highest BCUT2D eigenvalue weighted by Gasteiger charge is 2.20. The summed E-state index contributed by atoms with van der Waals surface area (Å²) >= 11 is 0. The topological polar surface area (TPSA) is 64.4 Å². The van der Waals surface area contributed by atoms with Crippen LogP contribution in [0.2, 0.25) is 0 Å². The van der Waals surface area contributed by atoms with E-state index in [4.69, 9.17) is 9.26 Å². The first-order valence-corrected chi connectivity index (χ1v) is 7.82. The van der Waals surface area contributed by atoms with Crippen molar-refractivity contribution in [2.45, 2.75) is 41.2 Å². The third-order valence-electron chi connectivity index (χ3n) is 3.59. The molecule has 5 nitrogen and oxygen atoms in total. The van der Waals surface area contributed by atoms with Crippen molar-refractivity contribution in [1.82, 2.24) is 10.5 Å². The normalized spacial score (nSPS) is 10.9. The Morgan fingerprint density at radius 3 is 2.74 bits per heavy atom. The monoisotopic (exact) mass is 316 g/mol. The van der Waals surface area contributed by atoms with Crippen LogP contribution in [-0.2, 0) is 6.61 Å². The van der Waals surface area contributed by atoms with Gasteiger partial charge < -0.3 is 14.6 Å². The van der Waals surface area contributed by atoms with Gasteiger partial charge in [0.25, 0.3) is 5.91 Å². The second-order valence-electron chi connectivity index (χ2n) is 6.23. The smallest absolute Gasteiger partial charge is 0.273 e. The van der Waals surface area contributed by atoms with Crippen LogP contribution in [0.4, 0.5) is 0 Å². The van der Waals surface area contributed by atoms with Gasteiger partial charge in [-0.3, -0.25) is 4.79 Å². The summed E-state index contributed by atoms with van der Waals surface area (Å²) < 4.78 is 11.1. The zero-order valence-electron chi connectivity index (χ0n) is 14.4. The Morgan fingerprint density at radius 1 is 1.30 bits per heavy atom. The fraction of sp³-hybridized carbons (Fsp3) is 0.444. The second-order valence-corrected chi connectivity index (χ2v) is 6.23. The van der Waals surface area contributed by atoms with Gasteiger partial charge in [-0.2, -0.15) is 0 Å². The van der Waals surface area contributed by atoms with E-state index in [0.29, 0.717) is 29.5 Å². The molecule has 1 heterocycles. The van der Waals surface area contributed by atoms with Crippen LogP contribution in [-0.4, -0.2) is 17.6 Å². The molecule has 1 aromatic heterocycles. The number of rotatable bonds is 6. The summed E-state index contributed by atoms with van der Waals surface area (Å²) in [6, 6.07) is 6.04. The molecule has 0 atom stereocenters. The molecular formula is C18H24N2O3. The number of hydrogen-bond acceptors (Lipinski definition) is 4. The van der Waals surface area contributed by atoms with Crippen molar-refractivity contribution in [3.63, 3.8) is 0 Å². The van der Waals surface area contributed by atoms with Gasteiger partial charge in [-0.05, 0) is 43.9 Å². The fourth-order valence-corrected chi connectivity index (χ4v) is 2.13. The van der Waals surface area contributed by atoms with Crippen LogP contribution in [0.25, 0.3) is 0 Å². The summed E-state index contributed by atoms with van der Waals surface area (Å²) in [5.41, 5.74) is 3.17. The van der Waals surface area contributed by atoms with E-state index in [0.717, 1.165) is 16.9 Å². The van der Waals surface area contributed by atoms with Crippen molar-refractivity contribution in [2.75, 3.05) is 6.54 Å². The molecule has 0 spiro atoms. The molecule has 23 heavy (non-hydrogen) atoms. The van der Waals surface area contributed by atoms with Crippen LogP contribution in [0.5, 0.6) is 5.75 Å². The lowest BCUT2D eigenvalue weighted by Gasteiger charge is -2.11. The number of nitrogens with one attached hydrogen (secondary N) is 1. The Balaban J connectivity index is 2.12. The maximum Gasteiger partial charge on any atom is 0.273 e. The summed E-state index contributed by atoms with van der Waals surface area (Å²) in [6.45, 7) is 10.7. The highest BCUT2D eigenvalue weighted by atomic mass is 16.5. The maximum atomic E-state index is 12.2. The Bertz CT molecular complexity index is 690. The zero-order valence-corrected chi connectivity index (χ0v) is 14.4. The van der Waals surface area contributed by atoms with Crippen LogP contribution in [0, 0.1) is 26.7 Å². The molecule has 0 aliphatic heterocycles. The van der Waals surface area contributed by atoms with Gasteiger partial charge in [0.2, 0.25) is 0 Å². The predicted molar refractivity (Wildman–Crippen MR) is 88.7 cm³/mol. The van der Waals surface area contributed by atoms with E-state index in [1.165, 1.54) is 0 Å². The Morgan fingerprint density at radius 2 is 2.04 bits per heavy atom. The predicted octanol–water partition coefficient (Wildman–Crippen LogP) is 3.56. The second kappa shape index (κ2) is 7.31. The molecule has 5 heteroatoms. The van der Waals surface area contributed by atoms with E-state index in [1.807, 2.05) is 45.9 Å². The van der Waals surface area contributed by atoms with Crippen molar-refractivity contribution in [2.24, 2.45) is 5.92 Å². The molecule has 0 saturated carbocycles. The molecule has 2 aromatic rings. The standard InChI is InChI=1S/C18H24N2O3/c1-11(2)9-19-18(21)17-15(14(5)23-20-17)10-22-16-8-12(3)6-7-13(16)4/h6-8,11H,9-10H2,1-5H3,(H,19,21). The molecule has 0 radical (unpaired) electrons. The van der Waals surface area contributed by atoms with Gasteiger partial charge in [-0.15, -0.1) is 0 Å². The largest absolute Gasteiger partial charge is 0.488 e. The molecule has 0 aliphatic rings. The molecule has 0 aliphatic carbocycles. The minimum absolute atomic E-state index is 0.227. The molecule has 0 saturated heterocycles. The molecule has 1 aromatic carbocycles. The van der Waals surface area contributed by atoms with E-state index >= 15 is 0 Å². The van der Waals surface area contributed by atoms with Crippen molar-refractivity contribution in [3.8, 4) is 5.75 Å². The summed E-state index contributed by atoms with van der Waals surface area (Å²) in [5.74, 6) is 1.56. The van der Waals surface area contributed by atoms with Crippen molar-refractivity contribution in [3.05, 3.63) is 46.3 Å². The number of ether oxygens (including phenoxy) is 1. The molecule has 0 fully saturated rings. The number of amides is 1. The van der Waals surface area contributed by atoms with Gasteiger partial charge in [0.1, 0.15) is 18.1 Å². The van der Waals surface area contributed by atoms with Crippen molar-refractivity contribution >= 4 is 5.91 Å². The van der Waals surface area contributed by atoms with Crippen LogP contribution >= 0.6 is 0 Å². The quantitative estimate of drug-likeness (QED) is 0.885. The first kappa shape index (κ1) is 17.1. The van der Waals surface area contributed by atoms with Gasteiger partial charge in [-0.25, -0.2) is 0 Å². The minimum atomic E-state index is -0.227. The number of hydrogen-bond donors (Lipinski definition) is 1. The highest BCUT2D eigenvalue weighted by molar-refractivity contribution is 5.93. The summed E-state index contributed by atoms with van der Waals surface area (Å²) in [7, 11) is 0. The Hall–Kier alpha value is -2.30. The SMILES string of the molecule is Cc1ccc(C)c(OCc2c(C(=O)NCC(C)C)noc2C)c1. The van der Waals surface area contributed by atoms with Crippen molar-refractivity contribution < 1.29 is 14.1 Å².